The molecule has 0 bridgehead atoms. The van der Waals surface area contributed by atoms with Crippen molar-refractivity contribution in [3.05, 3.63) is 47.3 Å². The Labute approximate surface area is 128 Å². The number of amides is 1. The maximum atomic E-state index is 12.4. The highest BCUT2D eigenvalue weighted by molar-refractivity contribution is 5.76. The number of nitrogens with one attached hydrogen (secondary N) is 1. The van der Waals surface area contributed by atoms with Gasteiger partial charge in [-0.15, -0.1) is 0 Å². The number of aromatic amines is 1. The number of benzene rings is 1. The Morgan fingerprint density at radius 2 is 2.14 bits per heavy atom. The van der Waals surface area contributed by atoms with E-state index in [-0.39, 0.29) is 12.7 Å². The average molecular weight is 298 g/mol. The number of ether oxygens (including phenoxy) is 2. The molecule has 1 aromatic carbocycles. The van der Waals surface area contributed by atoms with Crippen LogP contribution >= 0.6 is 0 Å². The van der Waals surface area contributed by atoms with Gasteiger partial charge in [0.15, 0.2) is 11.5 Å². The molecule has 5 nitrogen and oxygen atoms in total. The van der Waals surface area contributed by atoms with Crippen LogP contribution in [0.15, 0.2) is 30.5 Å². The zero-order valence-electron chi connectivity index (χ0n) is 12.3. The molecule has 2 aliphatic rings. The van der Waals surface area contributed by atoms with E-state index in [9.17, 15) is 4.79 Å². The van der Waals surface area contributed by atoms with Gasteiger partial charge in [0, 0.05) is 37.8 Å². The lowest BCUT2D eigenvalue weighted by atomic mass is 10.1. The summed E-state index contributed by atoms with van der Waals surface area (Å²) < 4.78 is 10.7. The van der Waals surface area contributed by atoms with E-state index in [2.05, 4.69) is 11.1 Å². The molecule has 2 aromatic rings. The lowest BCUT2D eigenvalue weighted by Gasteiger charge is -2.27. The van der Waals surface area contributed by atoms with E-state index >= 15 is 0 Å². The van der Waals surface area contributed by atoms with Crippen LogP contribution in [0.2, 0.25) is 0 Å². The molecule has 0 saturated carbocycles. The van der Waals surface area contributed by atoms with E-state index in [0.29, 0.717) is 6.42 Å². The summed E-state index contributed by atoms with van der Waals surface area (Å²) in [7, 11) is 0. The van der Waals surface area contributed by atoms with Crippen LogP contribution in [0.25, 0.3) is 0 Å². The number of hydrogen-bond acceptors (Lipinski definition) is 3. The van der Waals surface area contributed by atoms with Crippen LogP contribution in [-0.4, -0.2) is 29.1 Å². The number of carbonyl (C=O) groups excluding carboxylic acids is 1. The number of hydrogen-bond donors (Lipinski definition) is 1. The van der Waals surface area contributed by atoms with Crippen molar-refractivity contribution in [1.82, 2.24) is 9.88 Å². The lowest BCUT2D eigenvalue weighted by molar-refractivity contribution is -0.132. The van der Waals surface area contributed by atoms with E-state index in [1.807, 2.05) is 29.3 Å². The molecule has 114 valence electrons. The molecular weight excluding hydrogens is 280 g/mol. The van der Waals surface area contributed by atoms with Crippen molar-refractivity contribution in [2.45, 2.75) is 25.8 Å². The molecule has 0 spiro atoms. The van der Waals surface area contributed by atoms with Crippen molar-refractivity contribution < 1.29 is 14.3 Å². The summed E-state index contributed by atoms with van der Waals surface area (Å²) in [5.41, 5.74) is 3.61. The Bertz CT molecular complexity index is 708. The summed E-state index contributed by atoms with van der Waals surface area (Å²) in [5.74, 6) is 1.77. The topological polar surface area (TPSA) is 54.6 Å². The van der Waals surface area contributed by atoms with Crippen molar-refractivity contribution in [3.8, 4) is 11.5 Å². The van der Waals surface area contributed by atoms with Gasteiger partial charge < -0.3 is 19.4 Å². The number of aryl methyl sites for hydroxylation is 1. The number of carbonyl (C=O) groups is 1. The van der Waals surface area contributed by atoms with E-state index in [4.69, 9.17) is 9.47 Å². The fraction of sp³-hybridized carbons (Fsp3) is 0.353. The van der Waals surface area contributed by atoms with E-state index in [1.165, 1.54) is 11.3 Å². The van der Waals surface area contributed by atoms with Gasteiger partial charge in [-0.3, -0.25) is 4.79 Å². The minimum absolute atomic E-state index is 0.213. The summed E-state index contributed by atoms with van der Waals surface area (Å²) in [6, 6.07) is 7.94. The number of aromatic nitrogens is 1. The third kappa shape index (κ3) is 2.43. The average Bonchev–Trinajstić information content (AvgIpc) is 3.19. The van der Waals surface area contributed by atoms with Crippen LogP contribution in [0, 0.1) is 0 Å². The molecule has 0 atom stereocenters. The molecule has 0 aliphatic carbocycles. The summed E-state index contributed by atoms with van der Waals surface area (Å²) in [5, 5.41) is 0. The molecule has 0 radical (unpaired) electrons. The first-order chi connectivity index (χ1) is 10.8. The number of H-pyrrole nitrogens is 1. The third-order valence-corrected chi connectivity index (χ3v) is 4.34. The highest BCUT2D eigenvalue weighted by Crippen LogP contribution is 2.32. The molecule has 22 heavy (non-hydrogen) atoms. The maximum Gasteiger partial charge on any atom is 0.231 e. The normalized spacial score (nSPS) is 15.7. The minimum atomic E-state index is 0.213. The van der Waals surface area contributed by atoms with Crippen LogP contribution in [0.4, 0.5) is 0 Å². The third-order valence-electron chi connectivity index (χ3n) is 4.34. The second kappa shape index (κ2) is 5.40. The predicted molar refractivity (Wildman–Crippen MR) is 80.8 cm³/mol. The van der Waals surface area contributed by atoms with Gasteiger partial charge in [-0.2, -0.15) is 0 Å². The fourth-order valence-corrected chi connectivity index (χ4v) is 3.07. The number of fused-ring (bicyclic) bond motifs is 2. The lowest BCUT2D eigenvalue weighted by Crippen LogP contribution is -2.35. The summed E-state index contributed by atoms with van der Waals surface area (Å²) >= 11 is 0. The predicted octanol–water partition coefficient (Wildman–Crippen LogP) is 2.26. The maximum absolute atomic E-state index is 12.4. The smallest absolute Gasteiger partial charge is 0.231 e. The van der Waals surface area contributed by atoms with Gasteiger partial charge in [0.1, 0.15) is 0 Å². The molecule has 4 rings (SSSR count). The largest absolute Gasteiger partial charge is 0.454 e. The Balaban J connectivity index is 1.37. The first kappa shape index (κ1) is 13.2. The highest BCUT2D eigenvalue weighted by Gasteiger charge is 2.21. The molecule has 0 fully saturated rings. The molecule has 1 N–H and O–H groups in total. The first-order valence-corrected chi connectivity index (χ1v) is 7.61. The van der Waals surface area contributed by atoms with Gasteiger partial charge in [0.2, 0.25) is 12.7 Å². The number of rotatable bonds is 3. The van der Waals surface area contributed by atoms with Crippen LogP contribution in [0.1, 0.15) is 23.2 Å². The summed E-state index contributed by atoms with van der Waals surface area (Å²) in [6.07, 6.45) is 4.12. The number of nitrogens with zero attached hydrogens (tertiary/aromatic N) is 1. The van der Waals surface area contributed by atoms with Crippen molar-refractivity contribution >= 4 is 5.91 Å². The Kier molecular flexibility index (Phi) is 3.25. The molecule has 1 aromatic heterocycles. The first-order valence-electron chi connectivity index (χ1n) is 7.61. The monoisotopic (exact) mass is 298 g/mol. The quantitative estimate of drug-likeness (QED) is 0.945. The Morgan fingerprint density at radius 1 is 1.23 bits per heavy atom. The van der Waals surface area contributed by atoms with Crippen LogP contribution < -0.4 is 9.47 Å². The van der Waals surface area contributed by atoms with Gasteiger partial charge in [-0.1, -0.05) is 6.07 Å². The SMILES string of the molecule is O=C(CCc1ccc2c(c1)OCO2)N1CCc2[nH]ccc2C1. The summed E-state index contributed by atoms with van der Waals surface area (Å²) in [4.78, 5) is 17.6. The van der Waals surface area contributed by atoms with Crippen molar-refractivity contribution in [2.75, 3.05) is 13.3 Å². The van der Waals surface area contributed by atoms with Crippen LogP contribution in [0.3, 0.4) is 0 Å². The molecule has 0 saturated heterocycles. The molecule has 5 heteroatoms. The van der Waals surface area contributed by atoms with Crippen molar-refractivity contribution in [2.24, 2.45) is 0 Å². The molecule has 2 aliphatic heterocycles. The van der Waals surface area contributed by atoms with Crippen molar-refractivity contribution in [3.63, 3.8) is 0 Å². The minimum Gasteiger partial charge on any atom is -0.454 e. The van der Waals surface area contributed by atoms with Gasteiger partial charge in [0.25, 0.3) is 0 Å². The molecule has 0 unspecified atom stereocenters. The molecule has 1 amide bonds. The van der Waals surface area contributed by atoms with Crippen LogP contribution in [0.5, 0.6) is 11.5 Å². The van der Waals surface area contributed by atoms with E-state index in [1.54, 1.807) is 0 Å². The molecular formula is C17H18N2O3. The van der Waals surface area contributed by atoms with Crippen LogP contribution in [-0.2, 0) is 24.2 Å². The Hall–Kier alpha value is -2.43. The van der Waals surface area contributed by atoms with Gasteiger partial charge >= 0.3 is 0 Å². The second-order valence-electron chi connectivity index (χ2n) is 5.73. The van der Waals surface area contributed by atoms with Crippen molar-refractivity contribution in [1.29, 1.82) is 0 Å². The fourth-order valence-electron chi connectivity index (χ4n) is 3.07. The van der Waals surface area contributed by atoms with E-state index < -0.39 is 0 Å². The zero-order chi connectivity index (χ0) is 14.9. The van der Waals surface area contributed by atoms with Gasteiger partial charge in [0.05, 0.1) is 0 Å². The standard InChI is InChI=1S/C17H18N2O3/c20-17(19-8-6-14-13(10-19)5-7-18-14)4-2-12-1-3-15-16(9-12)22-11-21-15/h1,3,5,7,9,18H,2,4,6,8,10-11H2. The molecule has 3 heterocycles. The van der Waals surface area contributed by atoms with Gasteiger partial charge in [-0.05, 0) is 35.7 Å². The Morgan fingerprint density at radius 3 is 3.09 bits per heavy atom. The second-order valence-corrected chi connectivity index (χ2v) is 5.73. The summed E-state index contributed by atoms with van der Waals surface area (Å²) in [6.45, 7) is 1.80. The van der Waals surface area contributed by atoms with E-state index in [0.717, 1.165) is 43.0 Å². The highest BCUT2D eigenvalue weighted by atomic mass is 16.7. The van der Waals surface area contributed by atoms with Gasteiger partial charge in [-0.25, -0.2) is 0 Å². The zero-order valence-corrected chi connectivity index (χ0v) is 12.3.